The van der Waals surface area contributed by atoms with Crippen molar-refractivity contribution in [3.63, 3.8) is 0 Å². The van der Waals surface area contributed by atoms with Gasteiger partial charge in [-0.2, -0.15) is 0 Å². The van der Waals surface area contributed by atoms with Crippen LogP contribution in [0.5, 0.6) is 5.75 Å². The second kappa shape index (κ2) is 9.03. The normalized spacial score (nSPS) is 23.9. The van der Waals surface area contributed by atoms with Crippen LogP contribution in [0, 0.1) is 30.6 Å². The van der Waals surface area contributed by atoms with Gasteiger partial charge < -0.3 is 31.1 Å². The summed E-state index contributed by atoms with van der Waals surface area (Å²) in [6.07, 6.45) is 0.0292. The number of aromatic hydroxyl groups is 1. The Balaban J connectivity index is 1.67. The van der Waals surface area contributed by atoms with E-state index in [2.05, 4.69) is 11.8 Å². The summed E-state index contributed by atoms with van der Waals surface area (Å²) in [5, 5.41) is 44.2. The highest BCUT2D eigenvalue weighted by Crippen LogP contribution is 2.52. The average Bonchev–Trinajstić information content (AvgIpc) is 2.86. The molecule has 3 aliphatic carbocycles. The average molecular weight is 529 g/mol. The standard InChI is InChI=1S/C30H28N2O7/c1-14-4-6-15(7-5-14)8-9-16-12-20(32(2)3)19-11-17-10-18-13-21(33)24(29(31)38)28(37)30(18,39)27(36)22(17)26(35)23(19)25(16)34/h4-7,12,17-18,33-34,36,39H,10-11,13H2,1-3H3,(H2,31,38)/t17-,18+,30+/m1/s1. The first kappa shape index (κ1) is 26.1. The molecule has 0 bridgehead atoms. The molecule has 0 aliphatic heterocycles. The lowest BCUT2D eigenvalue weighted by atomic mass is 9.60. The lowest BCUT2D eigenvalue weighted by Gasteiger charge is -2.45. The van der Waals surface area contributed by atoms with Crippen LogP contribution in [0.4, 0.5) is 5.69 Å². The number of aliphatic hydroxyl groups excluding tert-OH is 2. The number of rotatable bonds is 2. The highest BCUT2D eigenvalue weighted by atomic mass is 16.3. The number of nitrogens with zero attached hydrogens (tertiary/aromatic N) is 1. The predicted molar refractivity (Wildman–Crippen MR) is 142 cm³/mol. The summed E-state index contributed by atoms with van der Waals surface area (Å²) in [4.78, 5) is 40.7. The fourth-order valence-corrected chi connectivity index (χ4v) is 5.94. The van der Waals surface area contributed by atoms with E-state index in [4.69, 9.17) is 5.73 Å². The van der Waals surface area contributed by atoms with Gasteiger partial charge in [-0.15, -0.1) is 0 Å². The summed E-state index contributed by atoms with van der Waals surface area (Å²) < 4.78 is 0. The number of hydrogen-bond donors (Lipinski definition) is 5. The van der Waals surface area contributed by atoms with Gasteiger partial charge in [0.1, 0.15) is 22.8 Å². The SMILES string of the molecule is Cc1ccc(C#Cc2cc(N(C)C)c3c(c2O)C(=O)C2=C(O)[C@]4(O)C(=O)C(C(N)=O)=C(O)C[C@@H]4C[C@@H]2C3)cc1. The highest BCUT2D eigenvalue weighted by molar-refractivity contribution is 6.24. The number of amides is 1. The van der Waals surface area contributed by atoms with E-state index >= 15 is 0 Å². The summed E-state index contributed by atoms with van der Waals surface area (Å²) in [6, 6.07) is 9.21. The molecule has 9 nitrogen and oxygen atoms in total. The molecule has 6 N–H and O–H groups in total. The molecular formula is C30H28N2O7. The van der Waals surface area contributed by atoms with Crippen LogP contribution in [-0.4, -0.2) is 57.6 Å². The molecule has 0 spiro atoms. The third-order valence-corrected chi connectivity index (χ3v) is 7.91. The van der Waals surface area contributed by atoms with E-state index in [1.165, 1.54) is 0 Å². The first-order valence-corrected chi connectivity index (χ1v) is 12.5. The molecule has 0 unspecified atom stereocenters. The molecule has 39 heavy (non-hydrogen) atoms. The number of benzene rings is 2. The van der Waals surface area contributed by atoms with E-state index in [0.717, 1.165) is 5.56 Å². The Kier molecular flexibility index (Phi) is 6.04. The topological polar surface area (TPSA) is 161 Å². The molecule has 200 valence electrons. The van der Waals surface area contributed by atoms with E-state index in [9.17, 15) is 34.8 Å². The Morgan fingerprint density at radius 2 is 1.74 bits per heavy atom. The molecule has 3 atom stereocenters. The van der Waals surface area contributed by atoms with E-state index in [-0.39, 0.29) is 41.7 Å². The Bertz CT molecular complexity index is 1590. The molecular weight excluding hydrogens is 500 g/mol. The third kappa shape index (κ3) is 3.87. The predicted octanol–water partition coefficient (Wildman–Crippen LogP) is 2.35. The number of aliphatic hydroxyl groups is 3. The van der Waals surface area contributed by atoms with Gasteiger partial charge >= 0.3 is 0 Å². The Labute approximate surface area is 224 Å². The van der Waals surface area contributed by atoms with Crippen molar-refractivity contribution in [2.45, 2.75) is 31.8 Å². The van der Waals surface area contributed by atoms with Gasteiger partial charge in [0.25, 0.3) is 5.91 Å². The van der Waals surface area contributed by atoms with Gasteiger partial charge in [-0.1, -0.05) is 29.5 Å². The number of phenolic OH excluding ortho intramolecular Hbond substituents is 1. The number of anilines is 1. The largest absolute Gasteiger partial charge is 0.511 e. The molecule has 3 aliphatic rings. The van der Waals surface area contributed by atoms with Crippen LogP contribution < -0.4 is 10.6 Å². The van der Waals surface area contributed by atoms with E-state index < -0.39 is 52.0 Å². The lowest BCUT2D eigenvalue weighted by Crippen LogP contribution is -2.57. The molecule has 9 heteroatoms. The van der Waals surface area contributed by atoms with Crippen LogP contribution in [0.1, 0.15) is 45.5 Å². The van der Waals surface area contributed by atoms with Crippen LogP contribution >= 0.6 is 0 Å². The summed E-state index contributed by atoms with van der Waals surface area (Å²) in [6.45, 7) is 1.96. The van der Waals surface area contributed by atoms with Crippen LogP contribution in [-0.2, 0) is 16.0 Å². The third-order valence-electron chi connectivity index (χ3n) is 7.91. The highest BCUT2D eigenvalue weighted by Gasteiger charge is 2.59. The van der Waals surface area contributed by atoms with E-state index in [1.54, 1.807) is 25.1 Å². The molecule has 2 aromatic rings. The van der Waals surface area contributed by atoms with Gasteiger partial charge in [0.05, 0.1) is 11.1 Å². The quantitative estimate of drug-likeness (QED) is 0.293. The minimum Gasteiger partial charge on any atom is -0.511 e. The molecule has 0 aromatic heterocycles. The van der Waals surface area contributed by atoms with Crippen molar-refractivity contribution in [3.8, 4) is 17.6 Å². The fourth-order valence-electron chi connectivity index (χ4n) is 5.94. The Morgan fingerprint density at radius 3 is 2.36 bits per heavy atom. The zero-order chi connectivity index (χ0) is 28.4. The number of carbonyl (C=O) groups excluding carboxylic acids is 3. The summed E-state index contributed by atoms with van der Waals surface area (Å²) in [5.74, 6) is -0.675. The molecule has 0 heterocycles. The number of hydrogen-bond acceptors (Lipinski definition) is 8. The zero-order valence-corrected chi connectivity index (χ0v) is 21.7. The smallest absolute Gasteiger partial charge is 0.255 e. The molecule has 0 saturated heterocycles. The van der Waals surface area contributed by atoms with E-state index in [0.29, 0.717) is 16.8 Å². The van der Waals surface area contributed by atoms with Crippen LogP contribution in [0.25, 0.3) is 0 Å². The summed E-state index contributed by atoms with van der Waals surface area (Å²) in [5.41, 5.74) is 4.78. The van der Waals surface area contributed by atoms with Crippen molar-refractivity contribution in [3.05, 3.63) is 80.8 Å². The van der Waals surface area contributed by atoms with Gasteiger partial charge in [-0.3, -0.25) is 14.4 Å². The first-order valence-electron chi connectivity index (χ1n) is 12.5. The number of nitrogens with two attached hydrogens (primary N) is 1. The Hall–Kier alpha value is -4.55. The van der Waals surface area contributed by atoms with Crippen LogP contribution in [0.15, 0.2) is 53.0 Å². The maximum absolute atomic E-state index is 13.9. The summed E-state index contributed by atoms with van der Waals surface area (Å²) in [7, 11) is 3.59. The molecule has 1 amide bonds. The Morgan fingerprint density at radius 1 is 1.08 bits per heavy atom. The number of allylic oxidation sites excluding steroid dienone is 2. The van der Waals surface area contributed by atoms with Crippen LogP contribution in [0.3, 0.4) is 0 Å². The fraction of sp³-hybridized carbons (Fsp3) is 0.300. The molecule has 0 saturated carbocycles. The van der Waals surface area contributed by atoms with Gasteiger partial charge in [-0.25, -0.2) is 0 Å². The number of carbonyl (C=O) groups is 3. The maximum Gasteiger partial charge on any atom is 0.255 e. The number of aryl methyl sites for hydroxylation is 1. The van der Waals surface area contributed by atoms with Crippen molar-refractivity contribution in [1.29, 1.82) is 0 Å². The number of Topliss-reactive ketones (excluding diaryl/α,β-unsaturated/α-hetero) is 2. The maximum atomic E-state index is 13.9. The van der Waals surface area contributed by atoms with Crippen molar-refractivity contribution in [2.24, 2.45) is 17.6 Å². The van der Waals surface area contributed by atoms with Crippen molar-refractivity contribution in [1.82, 2.24) is 0 Å². The number of ketones is 2. The summed E-state index contributed by atoms with van der Waals surface area (Å²) >= 11 is 0. The van der Waals surface area contributed by atoms with Gasteiger partial charge in [0.2, 0.25) is 5.78 Å². The number of fused-ring (bicyclic) bond motifs is 3. The van der Waals surface area contributed by atoms with Crippen molar-refractivity contribution in [2.75, 3.05) is 19.0 Å². The minimum atomic E-state index is -2.60. The second-order valence-electron chi connectivity index (χ2n) is 10.6. The van der Waals surface area contributed by atoms with Gasteiger partial charge in [-0.05, 0) is 49.4 Å². The molecule has 5 rings (SSSR count). The van der Waals surface area contributed by atoms with Crippen molar-refractivity contribution < 1.29 is 34.8 Å². The lowest BCUT2D eigenvalue weighted by molar-refractivity contribution is -0.144. The van der Waals surface area contributed by atoms with Gasteiger partial charge in [0.15, 0.2) is 11.4 Å². The number of primary amides is 1. The van der Waals surface area contributed by atoms with Crippen molar-refractivity contribution >= 4 is 23.2 Å². The second-order valence-corrected chi connectivity index (χ2v) is 10.6. The number of phenols is 1. The van der Waals surface area contributed by atoms with Gasteiger partial charge in [0, 0.05) is 43.3 Å². The minimum absolute atomic E-state index is 0.0639. The first-order chi connectivity index (χ1) is 18.4. The monoisotopic (exact) mass is 528 g/mol. The molecule has 2 aromatic carbocycles. The molecule has 0 fully saturated rings. The van der Waals surface area contributed by atoms with E-state index in [1.807, 2.05) is 31.2 Å². The zero-order valence-electron chi connectivity index (χ0n) is 21.7. The van der Waals surface area contributed by atoms with Crippen LogP contribution in [0.2, 0.25) is 0 Å². The molecule has 0 radical (unpaired) electrons.